The van der Waals surface area contributed by atoms with E-state index in [1.165, 1.54) is 19.1 Å². The van der Waals surface area contributed by atoms with Gasteiger partial charge in [0.05, 0.1) is 19.9 Å². The highest BCUT2D eigenvalue weighted by Gasteiger charge is 2.30. The van der Waals surface area contributed by atoms with Crippen LogP contribution in [0.1, 0.15) is 12.8 Å². The van der Waals surface area contributed by atoms with Crippen LogP contribution in [0.5, 0.6) is 11.5 Å². The Morgan fingerprint density at radius 1 is 1.00 bits per heavy atom. The number of anilines is 1. The van der Waals surface area contributed by atoms with Gasteiger partial charge in [0.15, 0.2) is 11.5 Å². The number of benzene rings is 1. The second kappa shape index (κ2) is 4.45. The lowest BCUT2D eigenvalue weighted by atomic mass is 10.2. The molecule has 1 saturated heterocycles. The fraction of sp³-hybridized carbons (Fsp3) is 0.333. The molecule has 1 aliphatic rings. The molecule has 2 rings (SSSR count). The van der Waals surface area contributed by atoms with Gasteiger partial charge in [-0.2, -0.15) is 0 Å². The predicted molar refractivity (Wildman–Crippen MR) is 61.3 cm³/mol. The summed E-state index contributed by atoms with van der Waals surface area (Å²) >= 11 is 0. The molecule has 5 heteroatoms. The molecule has 0 aromatic heterocycles. The highest BCUT2D eigenvalue weighted by molar-refractivity contribution is 6.19. The third kappa shape index (κ3) is 1.95. The number of nitrogens with zero attached hydrogens (tertiary/aromatic N) is 1. The second-order valence-electron chi connectivity index (χ2n) is 3.66. The number of rotatable bonds is 3. The van der Waals surface area contributed by atoms with E-state index in [2.05, 4.69) is 0 Å². The van der Waals surface area contributed by atoms with Crippen LogP contribution < -0.4 is 14.4 Å². The fourth-order valence-corrected chi connectivity index (χ4v) is 1.83. The smallest absolute Gasteiger partial charge is 0.234 e. The number of hydrogen-bond acceptors (Lipinski definition) is 4. The van der Waals surface area contributed by atoms with Crippen molar-refractivity contribution in [3.63, 3.8) is 0 Å². The van der Waals surface area contributed by atoms with Crippen molar-refractivity contribution in [2.45, 2.75) is 12.8 Å². The first-order valence-electron chi connectivity index (χ1n) is 5.25. The van der Waals surface area contributed by atoms with E-state index in [4.69, 9.17) is 9.47 Å². The summed E-state index contributed by atoms with van der Waals surface area (Å²) in [5, 5.41) is 0. The molecule has 5 nitrogen and oxygen atoms in total. The number of imide groups is 1. The van der Waals surface area contributed by atoms with Crippen molar-refractivity contribution in [2.24, 2.45) is 0 Å². The molecule has 0 saturated carbocycles. The zero-order chi connectivity index (χ0) is 12.4. The Labute approximate surface area is 98.9 Å². The van der Waals surface area contributed by atoms with Crippen molar-refractivity contribution in [1.82, 2.24) is 0 Å². The molecule has 0 aliphatic carbocycles. The van der Waals surface area contributed by atoms with E-state index in [1.54, 1.807) is 18.2 Å². The highest BCUT2D eigenvalue weighted by Crippen LogP contribution is 2.33. The number of carbonyl (C=O) groups is 2. The van der Waals surface area contributed by atoms with Gasteiger partial charge in [-0.15, -0.1) is 0 Å². The zero-order valence-electron chi connectivity index (χ0n) is 9.73. The van der Waals surface area contributed by atoms with Crippen molar-refractivity contribution in [3.05, 3.63) is 18.2 Å². The molecule has 1 aromatic rings. The Kier molecular flexibility index (Phi) is 2.99. The van der Waals surface area contributed by atoms with Gasteiger partial charge in [-0.25, -0.2) is 0 Å². The molecule has 1 fully saturated rings. The third-order valence-electron chi connectivity index (χ3n) is 2.68. The fourth-order valence-electron chi connectivity index (χ4n) is 1.83. The summed E-state index contributed by atoms with van der Waals surface area (Å²) in [7, 11) is 3.04. The predicted octanol–water partition coefficient (Wildman–Crippen LogP) is 1.36. The lowest BCUT2D eigenvalue weighted by Crippen LogP contribution is -2.28. The molecule has 90 valence electrons. The molecule has 0 radical (unpaired) electrons. The summed E-state index contributed by atoms with van der Waals surface area (Å²) in [6.45, 7) is 0. The van der Waals surface area contributed by atoms with Crippen LogP contribution in [-0.4, -0.2) is 26.0 Å². The average Bonchev–Trinajstić information content (AvgIpc) is 2.68. The Morgan fingerprint density at radius 2 is 1.59 bits per heavy atom. The average molecular weight is 235 g/mol. The molecular weight excluding hydrogens is 222 g/mol. The summed E-state index contributed by atoms with van der Waals surface area (Å²) in [4.78, 5) is 24.3. The summed E-state index contributed by atoms with van der Waals surface area (Å²) in [5.41, 5.74) is 0.523. The lowest BCUT2D eigenvalue weighted by Gasteiger charge is -2.16. The maximum absolute atomic E-state index is 11.6. The topological polar surface area (TPSA) is 55.8 Å². The van der Waals surface area contributed by atoms with Crippen LogP contribution in [0.25, 0.3) is 0 Å². The van der Waals surface area contributed by atoms with Crippen LogP contribution in [0, 0.1) is 0 Å². The summed E-state index contributed by atoms with van der Waals surface area (Å²) < 4.78 is 10.2. The lowest BCUT2D eigenvalue weighted by molar-refractivity contribution is -0.121. The van der Waals surface area contributed by atoms with Crippen molar-refractivity contribution in [2.75, 3.05) is 19.1 Å². The molecule has 17 heavy (non-hydrogen) atoms. The SMILES string of the molecule is COc1ccc(N2C(=O)CCC2=O)cc1OC. The van der Waals surface area contributed by atoms with Gasteiger partial charge in [-0.1, -0.05) is 0 Å². The first-order chi connectivity index (χ1) is 8.17. The first-order valence-corrected chi connectivity index (χ1v) is 5.25. The Bertz CT molecular complexity index is 454. The van der Waals surface area contributed by atoms with Crippen LogP contribution in [-0.2, 0) is 9.59 Å². The molecule has 1 aromatic carbocycles. The molecular formula is C12H13NO4. The van der Waals surface area contributed by atoms with Crippen LogP contribution in [0.15, 0.2) is 18.2 Å². The number of carbonyl (C=O) groups excluding carboxylic acids is 2. The molecule has 1 aliphatic heterocycles. The monoisotopic (exact) mass is 235 g/mol. The minimum atomic E-state index is -0.179. The zero-order valence-corrected chi connectivity index (χ0v) is 9.73. The second-order valence-corrected chi connectivity index (χ2v) is 3.66. The van der Waals surface area contributed by atoms with Crippen LogP contribution in [0.4, 0.5) is 5.69 Å². The molecule has 0 spiro atoms. The van der Waals surface area contributed by atoms with E-state index in [1.807, 2.05) is 0 Å². The van der Waals surface area contributed by atoms with Gasteiger partial charge in [0.1, 0.15) is 0 Å². The van der Waals surface area contributed by atoms with Crippen LogP contribution >= 0.6 is 0 Å². The van der Waals surface area contributed by atoms with E-state index < -0.39 is 0 Å². The summed E-state index contributed by atoms with van der Waals surface area (Å²) in [6, 6.07) is 4.97. The van der Waals surface area contributed by atoms with Gasteiger partial charge in [0, 0.05) is 18.9 Å². The molecule has 0 bridgehead atoms. The van der Waals surface area contributed by atoms with Crippen molar-refractivity contribution in [3.8, 4) is 11.5 Å². The van der Waals surface area contributed by atoms with Gasteiger partial charge in [-0.3, -0.25) is 14.5 Å². The van der Waals surface area contributed by atoms with Crippen molar-refractivity contribution < 1.29 is 19.1 Å². The number of amides is 2. The molecule has 1 heterocycles. The van der Waals surface area contributed by atoms with E-state index in [-0.39, 0.29) is 24.7 Å². The van der Waals surface area contributed by atoms with E-state index in [0.29, 0.717) is 17.2 Å². The summed E-state index contributed by atoms with van der Waals surface area (Å²) in [5.74, 6) is 0.706. The third-order valence-corrected chi connectivity index (χ3v) is 2.68. The maximum Gasteiger partial charge on any atom is 0.234 e. The van der Waals surface area contributed by atoms with E-state index in [0.717, 1.165) is 0 Å². The molecule has 0 atom stereocenters. The minimum Gasteiger partial charge on any atom is -0.493 e. The van der Waals surface area contributed by atoms with Gasteiger partial charge in [0.25, 0.3) is 0 Å². The molecule has 2 amide bonds. The number of hydrogen-bond donors (Lipinski definition) is 0. The van der Waals surface area contributed by atoms with Gasteiger partial charge in [-0.05, 0) is 12.1 Å². The normalized spacial score (nSPS) is 15.3. The first kappa shape index (κ1) is 11.4. The van der Waals surface area contributed by atoms with E-state index >= 15 is 0 Å². The highest BCUT2D eigenvalue weighted by atomic mass is 16.5. The number of methoxy groups -OCH3 is 2. The Hall–Kier alpha value is -2.04. The van der Waals surface area contributed by atoms with Gasteiger partial charge >= 0.3 is 0 Å². The largest absolute Gasteiger partial charge is 0.493 e. The van der Waals surface area contributed by atoms with Crippen LogP contribution in [0.2, 0.25) is 0 Å². The van der Waals surface area contributed by atoms with E-state index in [9.17, 15) is 9.59 Å². The maximum atomic E-state index is 11.6. The molecule has 0 N–H and O–H groups in total. The van der Waals surface area contributed by atoms with Crippen LogP contribution in [0.3, 0.4) is 0 Å². The number of ether oxygens (including phenoxy) is 2. The quantitative estimate of drug-likeness (QED) is 0.742. The minimum absolute atomic E-state index is 0.179. The van der Waals surface area contributed by atoms with Crippen molar-refractivity contribution in [1.29, 1.82) is 0 Å². The Balaban J connectivity index is 2.39. The molecule has 0 unspecified atom stereocenters. The standard InChI is InChI=1S/C12H13NO4/c1-16-9-4-3-8(7-10(9)17-2)13-11(14)5-6-12(13)15/h3-4,7H,5-6H2,1-2H3. The van der Waals surface area contributed by atoms with Gasteiger partial charge < -0.3 is 9.47 Å². The van der Waals surface area contributed by atoms with Crippen molar-refractivity contribution >= 4 is 17.5 Å². The Morgan fingerprint density at radius 3 is 2.12 bits per heavy atom. The van der Waals surface area contributed by atoms with Gasteiger partial charge in [0.2, 0.25) is 11.8 Å². The summed E-state index contributed by atoms with van der Waals surface area (Å²) in [6.07, 6.45) is 0.542.